The van der Waals surface area contributed by atoms with Gasteiger partial charge in [-0.2, -0.15) is 0 Å². The highest BCUT2D eigenvalue weighted by molar-refractivity contribution is 7.98. The van der Waals surface area contributed by atoms with Gasteiger partial charge in [0, 0.05) is 4.90 Å². The van der Waals surface area contributed by atoms with Crippen LogP contribution in [0.3, 0.4) is 0 Å². The Kier molecular flexibility index (Phi) is 3.11. The number of carbonyl (C=O) groups is 1. The number of carboxylic acid groups (broad SMARTS) is 1. The summed E-state index contributed by atoms with van der Waals surface area (Å²) in [4.78, 5) is 12.5. The van der Waals surface area contributed by atoms with Crippen molar-refractivity contribution in [1.82, 2.24) is 0 Å². The number of thioether (sulfide) groups is 1. The molecule has 0 amide bonds. The predicted molar refractivity (Wildman–Crippen MR) is 82.4 cm³/mol. The number of aromatic carboxylic acids is 1. The Balaban J connectivity index is 1.81. The first-order valence-electron chi connectivity index (χ1n) is 7.99. The number of hydrogen-bond donors (Lipinski definition) is 0. The molecule has 5 rings (SSSR count). The summed E-state index contributed by atoms with van der Waals surface area (Å²) in [6.45, 7) is 0. The van der Waals surface area contributed by atoms with Gasteiger partial charge in [0.15, 0.2) is 0 Å². The van der Waals surface area contributed by atoms with Gasteiger partial charge in [-0.15, -0.1) is 11.8 Å². The first kappa shape index (κ1) is 13.7. The smallest absolute Gasteiger partial charge is 0.0715 e. The summed E-state index contributed by atoms with van der Waals surface area (Å²) in [5.74, 6) is 1.57. The Morgan fingerprint density at radius 1 is 1.14 bits per heavy atom. The van der Waals surface area contributed by atoms with Crippen LogP contribution in [-0.2, 0) is 5.41 Å². The van der Waals surface area contributed by atoms with Crippen LogP contribution < -0.4 is 5.11 Å². The van der Waals surface area contributed by atoms with E-state index in [0.717, 1.165) is 17.8 Å². The normalized spacial score (nSPS) is 36.9. The van der Waals surface area contributed by atoms with Gasteiger partial charge in [0.1, 0.15) is 0 Å². The van der Waals surface area contributed by atoms with Crippen molar-refractivity contribution < 1.29 is 9.90 Å². The number of rotatable bonds is 3. The van der Waals surface area contributed by atoms with E-state index in [1.165, 1.54) is 49.0 Å². The SMILES string of the molecule is CSc1ccc(C(=O)[O-])cc1C12CC3CC(CC(C3)C1)C2. The molecule has 0 aliphatic heterocycles. The summed E-state index contributed by atoms with van der Waals surface area (Å²) in [6.07, 6.45) is 10.1. The van der Waals surface area contributed by atoms with Gasteiger partial charge in [-0.25, -0.2) is 0 Å². The summed E-state index contributed by atoms with van der Waals surface area (Å²) >= 11 is 1.75. The highest BCUT2D eigenvalue weighted by Crippen LogP contribution is 2.61. The van der Waals surface area contributed by atoms with Crippen LogP contribution in [0.1, 0.15) is 54.4 Å². The lowest BCUT2D eigenvalue weighted by atomic mass is 9.48. The predicted octanol–water partition coefficient (Wildman–Crippen LogP) is 3.24. The second-order valence-electron chi connectivity index (χ2n) is 7.40. The molecule has 0 radical (unpaired) electrons. The molecular weight excluding hydrogens is 280 g/mol. The van der Waals surface area contributed by atoms with E-state index in [1.54, 1.807) is 17.8 Å². The maximum absolute atomic E-state index is 11.3. The van der Waals surface area contributed by atoms with Crippen molar-refractivity contribution in [2.75, 3.05) is 6.26 Å². The molecule has 4 bridgehead atoms. The van der Waals surface area contributed by atoms with E-state index >= 15 is 0 Å². The van der Waals surface area contributed by atoms with Crippen LogP contribution in [0.25, 0.3) is 0 Å². The Bertz CT molecular complexity index is 558. The van der Waals surface area contributed by atoms with Crippen LogP contribution in [0.2, 0.25) is 0 Å². The lowest BCUT2D eigenvalue weighted by Gasteiger charge is -2.57. The molecule has 0 unspecified atom stereocenters. The Morgan fingerprint density at radius 3 is 2.19 bits per heavy atom. The third kappa shape index (κ3) is 2.12. The van der Waals surface area contributed by atoms with Crippen LogP contribution in [0.4, 0.5) is 0 Å². The molecule has 4 saturated carbocycles. The molecule has 112 valence electrons. The molecule has 4 fully saturated rings. The molecule has 0 spiro atoms. The van der Waals surface area contributed by atoms with Crippen LogP contribution in [0, 0.1) is 17.8 Å². The molecule has 2 nitrogen and oxygen atoms in total. The molecule has 0 atom stereocenters. The summed E-state index contributed by atoms with van der Waals surface area (Å²) in [5, 5.41) is 11.3. The van der Waals surface area contributed by atoms with Crippen molar-refractivity contribution in [3.63, 3.8) is 0 Å². The quantitative estimate of drug-likeness (QED) is 0.805. The van der Waals surface area contributed by atoms with Crippen molar-refractivity contribution in [2.24, 2.45) is 17.8 Å². The van der Waals surface area contributed by atoms with Gasteiger partial charge in [-0.1, -0.05) is 6.07 Å². The van der Waals surface area contributed by atoms with Crippen molar-refractivity contribution >= 4 is 17.7 Å². The third-order valence-electron chi connectivity index (χ3n) is 6.04. The molecule has 21 heavy (non-hydrogen) atoms. The summed E-state index contributed by atoms with van der Waals surface area (Å²) in [7, 11) is 0. The lowest BCUT2D eigenvalue weighted by Crippen LogP contribution is -2.48. The molecule has 1 aromatic rings. The zero-order valence-electron chi connectivity index (χ0n) is 12.4. The zero-order chi connectivity index (χ0) is 14.6. The minimum absolute atomic E-state index is 0.249. The highest BCUT2D eigenvalue weighted by atomic mass is 32.2. The monoisotopic (exact) mass is 301 g/mol. The molecule has 0 saturated heterocycles. The average molecular weight is 301 g/mol. The molecule has 0 heterocycles. The standard InChI is InChI=1S/C18H22O2S/c1-21-16-3-2-14(17(19)20)7-15(16)18-8-11-4-12(9-18)6-13(5-11)10-18/h2-3,7,11-13H,4-6,8-10H2,1H3,(H,19,20)/p-1. The van der Waals surface area contributed by atoms with Gasteiger partial charge < -0.3 is 9.90 Å². The summed E-state index contributed by atoms with van der Waals surface area (Å²) in [5.41, 5.74) is 1.90. The third-order valence-corrected chi connectivity index (χ3v) is 6.84. The van der Waals surface area contributed by atoms with Crippen LogP contribution in [0.5, 0.6) is 0 Å². The van der Waals surface area contributed by atoms with Crippen molar-refractivity contribution in [1.29, 1.82) is 0 Å². The topological polar surface area (TPSA) is 40.1 Å². The van der Waals surface area contributed by atoms with E-state index in [2.05, 4.69) is 6.26 Å². The summed E-state index contributed by atoms with van der Waals surface area (Å²) in [6, 6.07) is 5.61. The summed E-state index contributed by atoms with van der Waals surface area (Å²) < 4.78 is 0. The maximum atomic E-state index is 11.3. The fourth-order valence-electron chi connectivity index (χ4n) is 5.69. The largest absolute Gasteiger partial charge is 0.545 e. The van der Waals surface area contributed by atoms with E-state index < -0.39 is 5.97 Å². The Labute approximate surface area is 130 Å². The highest BCUT2D eigenvalue weighted by Gasteiger charge is 2.52. The van der Waals surface area contributed by atoms with Crippen LogP contribution in [-0.4, -0.2) is 12.2 Å². The molecule has 4 aliphatic rings. The Morgan fingerprint density at radius 2 is 1.71 bits per heavy atom. The molecule has 0 N–H and O–H groups in total. The number of carbonyl (C=O) groups excluding carboxylic acids is 1. The van der Waals surface area contributed by atoms with Crippen molar-refractivity contribution in [2.45, 2.75) is 48.8 Å². The van der Waals surface area contributed by atoms with E-state index in [9.17, 15) is 9.90 Å². The van der Waals surface area contributed by atoms with Gasteiger partial charge in [0.25, 0.3) is 0 Å². The van der Waals surface area contributed by atoms with Gasteiger partial charge in [-0.3, -0.25) is 0 Å². The van der Waals surface area contributed by atoms with E-state index in [0.29, 0.717) is 5.56 Å². The van der Waals surface area contributed by atoms with Crippen LogP contribution in [0.15, 0.2) is 23.1 Å². The first-order chi connectivity index (χ1) is 10.1. The fourth-order valence-corrected chi connectivity index (χ4v) is 6.39. The van der Waals surface area contributed by atoms with Gasteiger partial charge in [0.05, 0.1) is 5.97 Å². The number of hydrogen-bond acceptors (Lipinski definition) is 3. The van der Waals surface area contributed by atoms with Crippen molar-refractivity contribution in [3.05, 3.63) is 29.3 Å². The minimum atomic E-state index is -1.05. The van der Waals surface area contributed by atoms with Gasteiger partial charge in [0.2, 0.25) is 0 Å². The second-order valence-corrected chi connectivity index (χ2v) is 8.25. The Hall–Kier alpha value is -0.960. The van der Waals surface area contributed by atoms with E-state index in [4.69, 9.17) is 0 Å². The van der Waals surface area contributed by atoms with Crippen LogP contribution >= 0.6 is 11.8 Å². The molecule has 1 aromatic carbocycles. The fraction of sp³-hybridized carbons (Fsp3) is 0.611. The van der Waals surface area contributed by atoms with E-state index in [-0.39, 0.29) is 5.41 Å². The first-order valence-corrected chi connectivity index (χ1v) is 9.22. The number of carboxylic acids is 1. The number of benzene rings is 1. The second kappa shape index (κ2) is 4.77. The minimum Gasteiger partial charge on any atom is -0.545 e. The lowest BCUT2D eigenvalue weighted by molar-refractivity contribution is -0.255. The molecule has 4 aliphatic carbocycles. The maximum Gasteiger partial charge on any atom is 0.0715 e. The molecule has 0 aromatic heterocycles. The molecular formula is C18H21O2S-. The average Bonchev–Trinajstić information content (AvgIpc) is 2.45. The molecule has 3 heteroatoms. The van der Waals surface area contributed by atoms with Crippen molar-refractivity contribution in [3.8, 4) is 0 Å². The zero-order valence-corrected chi connectivity index (χ0v) is 13.2. The van der Waals surface area contributed by atoms with Gasteiger partial charge >= 0.3 is 0 Å². The van der Waals surface area contributed by atoms with Gasteiger partial charge in [-0.05, 0) is 91.2 Å². The van der Waals surface area contributed by atoms with E-state index in [1.807, 2.05) is 12.1 Å².